The average Bonchev–Trinajstić information content (AvgIpc) is 2.77. The molecule has 2 aliphatic heterocycles. The number of piperidine rings is 1. The summed E-state index contributed by atoms with van der Waals surface area (Å²) < 4.78 is 5.46. The zero-order valence-electron chi connectivity index (χ0n) is 13.4. The molecule has 2 saturated heterocycles. The number of nitrogens with two attached hydrogens (primary N) is 2. The monoisotopic (exact) mass is 327 g/mol. The van der Waals surface area contributed by atoms with Crippen LogP contribution in [-0.2, 0) is 9.53 Å². The number of urea groups is 1. The van der Waals surface area contributed by atoms with Gasteiger partial charge in [0.2, 0.25) is 5.91 Å². The first-order valence-electron chi connectivity index (χ1n) is 7.85. The summed E-state index contributed by atoms with van der Waals surface area (Å²) in [6, 6.07) is -1.17. The fourth-order valence-corrected chi connectivity index (χ4v) is 3.08. The Bertz CT molecular complexity index is 476. The quantitative estimate of drug-likeness (QED) is 0.569. The van der Waals surface area contributed by atoms with E-state index in [-0.39, 0.29) is 12.0 Å². The van der Waals surface area contributed by atoms with Gasteiger partial charge in [0.15, 0.2) is 0 Å². The van der Waals surface area contributed by atoms with E-state index in [1.54, 1.807) is 16.8 Å². The molecule has 2 rings (SSSR count). The third-order valence-corrected chi connectivity index (χ3v) is 4.44. The Hall–Kier alpha value is -2.03. The number of primary amides is 1. The summed E-state index contributed by atoms with van der Waals surface area (Å²) in [6.45, 7) is 2.04. The van der Waals surface area contributed by atoms with Crippen molar-refractivity contribution in [3.8, 4) is 0 Å². The van der Waals surface area contributed by atoms with E-state index in [1.807, 2.05) is 0 Å². The molecule has 0 bridgehead atoms. The molecule has 0 aromatic carbocycles. The van der Waals surface area contributed by atoms with Gasteiger partial charge in [-0.3, -0.25) is 4.79 Å². The maximum Gasteiger partial charge on any atom is 0.410 e. The minimum Gasteiger partial charge on any atom is -0.441 e. The van der Waals surface area contributed by atoms with Crippen molar-refractivity contribution in [1.82, 2.24) is 15.1 Å². The first-order valence-corrected chi connectivity index (χ1v) is 7.85. The Morgan fingerprint density at radius 3 is 2.57 bits per heavy atom. The smallest absolute Gasteiger partial charge is 0.410 e. The van der Waals surface area contributed by atoms with E-state index < -0.39 is 17.7 Å². The summed E-state index contributed by atoms with van der Waals surface area (Å²) >= 11 is 0. The Morgan fingerprint density at radius 1 is 1.39 bits per heavy atom. The summed E-state index contributed by atoms with van der Waals surface area (Å²) in [5.74, 6) is -0.100. The van der Waals surface area contributed by atoms with Gasteiger partial charge < -0.3 is 31.3 Å². The number of carbonyl (C=O) groups is 3. The Morgan fingerprint density at radius 2 is 2.04 bits per heavy atom. The molecule has 2 aliphatic rings. The molecule has 130 valence electrons. The van der Waals surface area contributed by atoms with Crippen LogP contribution in [0.2, 0.25) is 0 Å². The van der Waals surface area contributed by atoms with Crippen LogP contribution >= 0.6 is 0 Å². The molecule has 0 saturated carbocycles. The number of ether oxygens (including phenoxy) is 1. The highest BCUT2D eigenvalue weighted by atomic mass is 16.6. The summed E-state index contributed by atoms with van der Waals surface area (Å²) in [5.41, 5.74) is 10.4. The highest BCUT2D eigenvalue weighted by Crippen LogP contribution is 2.32. The normalized spacial score (nSPS) is 21.2. The van der Waals surface area contributed by atoms with Gasteiger partial charge in [0, 0.05) is 39.5 Å². The predicted octanol–water partition coefficient (Wildman–Crippen LogP) is -0.795. The number of hydrogen-bond donors (Lipinski definition) is 3. The van der Waals surface area contributed by atoms with Gasteiger partial charge in [0.1, 0.15) is 5.60 Å². The van der Waals surface area contributed by atoms with Gasteiger partial charge in [0.05, 0.1) is 12.6 Å². The van der Waals surface area contributed by atoms with Crippen LogP contribution in [0.5, 0.6) is 0 Å². The second-order valence-electron chi connectivity index (χ2n) is 6.27. The molecule has 23 heavy (non-hydrogen) atoms. The molecule has 0 radical (unpaired) electrons. The molecule has 9 nitrogen and oxygen atoms in total. The number of nitrogens with one attached hydrogen (secondary N) is 1. The van der Waals surface area contributed by atoms with E-state index in [4.69, 9.17) is 16.2 Å². The van der Waals surface area contributed by atoms with Crippen LogP contribution in [0.1, 0.15) is 25.7 Å². The first kappa shape index (κ1) is 17.3. The minimum absolute atomic E-state index is 0.100. The molecule has 9 heteroatoms. The lowest BCUT2D eigenvalue weighted by atomic mass is 9.91. The molecular weight excluding hydrogens is 302 g/mol. The van der Waals surface area contributed by atoms with Gasteiger partial charge in [-0.15, -0.1) is 0 Å². The number of rotatable bonds is 5. The predicted molar refractivity (Wildman–Crippen MR) is 82.5 cm³/mol. The van der Waals surface area contributed by atoms with E-state index in [0.717, 1.165) is 0 Å². The van der Waals surface area contributed by atoms with E-state index in [0.29, 0.717) is 51.9 Å². The average molecular weight is 327 g/mol. The molecule has 0 aliphatic carbocycles. The number of nitrogens with zero attached hydrogens (tertiary/aromatic N) is 2. The number of amides is 4. The fraction of sp³-hybridized carbons (Fsp3) is 0.786. The summed E-state index contributed by atoms with van der Waals surface area (Å²) in [5, 5.41) is 2.47. The summed E-state index contributed by atoms with van der Waals surface area (Å²) in [7, 11) is 1.71. The lowest BCUT2D eigenvalue weighted by Gasteiger charge is -2.38. The van der Waals surface area contributed by atoms with E-state index >= 15 is 0 Å². The molecule has 4 amide bonds. The van der Waals surface area contributed by atoms with Crippen molar-refractivity contribution in [1.29, 1.82) is 0 Å². The molecule has 2 heterocycles. The fourth-order valence-electron chi connectivity index (χ4n) is 3.08. The van der Waals surface area contributed by atoms with Crippen molar-refractivity contribution >= 4 is 18.0 Å². The van der Waals surface area contributed by atoms with Crippen LogP contribution in [0.4, 0.5) is 9.59 Å². The Balaban J connectivity index is 1.75. The molecular formula is C14H25N5O4. The maximum atomic E-state index is 12.3. The third kappa shape index (κ3) is 4.25. The molecule has 5 N–H and O–H groups in total. The van der Waals surface area contributed by atoms with Crippen LogP contribution in [0, 0.1) is 0 Å². The number of carbonyl (C=O) groups excluding carboxylic acids is 3. The number of likely N-dealkylation sites (tertiary alicyclic amines) is 1. The van der Waals surface area contributed by atoms with Gasteiger partial charge >= 0.3 is 12.1 Å². The van der Waals surface area contributed by atoms with Gasteiger partial charge in [-0.05, 0) is 12.8 Å². The van der Waals surface area contributed by atoms with Crippen LogP contribution in [-0.4, -0.2) is 72.7 Å². The molecule has 1 atom stereocenters. The number of hydrogen-bond acceptors (Lipinski definition) is 5. The van der Waals surface area contributed by atoms with Crippen LogP contribution in [0.25, 0.3) is 0 Å². The van der Waals surface area contributed by atoms with Crippen LogP contribution in [0.15, 0.2) is 0 Å². The lowest BCUT2D eigenvalue weighted by Crippen LogP contribution is -2.52. The van der Waals surface area contributed by atoms with E-state index in [1.165, 1.54) is 0 Å². The van der Waals surface area contributed by atoms with Crippen molar-refractivity contribution in [2.24, 2.45) is 11.5 Å². The molecule has 0 aromatic rings. The van der Waals surface area contributed by atoms with Gasteiger partial charge in [0.25, 0.3) is 0 Å². The van der Waals surface area contributed by atoms with Crippen molar-refractivity contribution in [2.75, 3.05) is 33.2 Å². The lowest BCUT2D eigenvalue weighted by molar-refractivity contribution is -0.136. The number of likely N-dealkylation sites (N-methyl/N-ethyl adjacent to an activating group) is 1. The summed E-state index contributed by atoms with van der Waals surface area (Å²) in [4.78, 5) is 37.7. The van der Waals surface area contributed by atoms with Crippen molar-refractivity contribution in [2.45, 2.75) is 37.3 Å². The van der Waals surface area contributed by atoms with Gasteiger partial charge in [-0.1, -0.05) is 0 Å². The highest BCUT2D eigenvalue weighted by molar-refractivity contribution is 5.81. The minimum atomic E-state index is -0.590. The van der Waals surface area contributed by atoms with Gasteiger partial charge in [-0.2, -0.15) is 0 Å². The maximum absolute atomic E-state index is 12.3. The first-order chi connectivity index (χ1) is 10.8. The Labute approximate surface area is 135 Å². The molecule has 2 fully saturated rings. The topological polar surface area (TPSA) is 131 Å². The summed E-state index contributed by atoms with van der Waals surface area (Å²) in [6.07, 6.45) is 2.03. The molecule has 0 unspecified atom stereocenters. The zero-order valence-corrected chi connectivity index (χ0v) is 13.4. The van der Waals surface area contributed by atoms with E-state index in [2.05, 4.69) is 5.32 Å². The van der Waals surface area contributed by atoms with Crippen molar-refractivity contribution in [3.63, 3.8) is 0 Å². The SMILES string of the molecule is CN1CC2(CCN(C(=O)[C@@H](N)CCCNC(N)=O)CC2)OC1=O. The van der Waals surface area contributed by atoms with Crippen LogP contribution < -0.4 is 16.8 Å². The standard InChI is InChI=1S/C14H25N5O4/c1-18-9-14(23-13(18)22)4-7-19(8-5-14)11(20)10(15)3-2-6-17-12(16)21/h10H,2-9,15H2,1H3,(H3,16,17,21)/t10-/m0/s1. The largest absolute Gasteiger partial charge is 0.441 e. The highest BCUT2D eigenvalue weighted by Gasteiger charge is 2.46. The second-order valence-corrected chi connectivity index (χ2v) is 6.27. The van der Waals surface area contributed by atoms with Gasteiger partial charge in [-0.25, -0.2) is 9.59 Å². The van der Waals surface area contributed by atoms with E-state index in [9.17, 15) is 14.4 Å². The van der Waals surface area contributed by atoms with Crippen molar-refractivity contribution in [3.05, 3.63) is 0 Å². The third-order valence-electron chi connectivity index (χ3n) is 4.44. The Kier molecular flexibility index (Phi) is 5.30. The van der Waals surface area contributed by atoms with Crippen LogP contribution in [0.3, 0.4) is 0 Å². The zero-order chi connectivity index (χ0) is 17.0. The second kappa shape index (κ2) is 7.03. The van der Waals surface area contributed by atoms with Crippen molar-refractivity contribution < 1.29 is 19.1 Å². The molecule has 1 spiro atoms. The molecule has 0 aromatic heterocycles.